The number of nitrogens with zero attached hydrogens (tertiary/aromatic N) is 2. The molecule has 1 heterocycles. The van der Waals surface area contributed by atoms with Crippen LogP contribution in [0, 0.1) is 0 Å². The van der Waals surface area contributed by atoms with Crippen molar-refractivity contribution >= 4 is 17.7 Å². The first-order chi connectivity index (χ1) is 12.7. The van der Waals surface area contributed by atoms with Crippen molar-refractivity contribution in [1.82, 2.24) is 15.2 Å². The van der Waals surface area contributed by atoms with E-state index in [-0.39, 0.29) is 5.56 Å². The molecule has 0 aliphatic carbocycles. The molecule has 2 aromatic rings. The van der Waals surface area contributed by atoms with E-state index in [1.165, 1.54) is 4.90 Å². The van der Waals surface area contributed by atoms with Gasteiger partial charge in [-0.05, 0) is 31.0 Å². The van der Waals surface area contributed by atoms with Gasteiger partial charge in [0.05, 0.1) is 0 Å². The van der Waals surface area contributed by atoms with Crippen LogP contribution in [-0.2, 0) is 6.54 Å². The van der Waals surface area contributed by atoms with E-state index in [4.69, 9.17) is 0 Å². The van der Waals surface area contributed by atoms with E-state index in [1.54, 1.807) is 23.7 Å². The molecule has 0 saturated heterocycles. The first kappa shape index (κ1) is 20.1. The van der Waals surface area contributed by atoms with E-state index in [1.807, 2.05) is 30.1 Å². The summed E-state index contributed by atoms with van der Waals surface area (Å²) in [5, 5.41) is 7.15. The van der Waals surface area contributed by atoms with Crippen LogP contribution in [0.25, 0.3) is 0 Å². The summed E-state index contributed by atoms with van der Waals surface area (Å²) >= 11 is 1.85. The van der Waals surface area contributed by atoms with Crippen molar-refractivity contribution in [3.05, 3.63) is 65.1 Å². The fraction of sp³-hybridized carbons (Fsp3) is 0.400. The molecule has 2 rings (SSSR count). The van der Waals surface area contributed by atoms with Crippen LogP contribution in [0.3, 0.4) is 0 Å². The smallest absolute Gasteiger partial charge is 0.250 e. The number of hydrogen-bond donors (Lipinski definition) is 2. The van der Waals surface area contributed by atoms with E-state index in [9.17, 15) is 4.79 Å². The second-order valence-corrected chi connectivity index (χ2v) is 7.57. The maximum atomic E-state index is 11.6. The van der Waals surface area contributed by atoms with E-state index in [2.05, 4.69) is 46.8 Å². The lowest BCUT2D eigenvalue weighted by molar-refractivity contribution is 0.585. The molecule has 26 heavy (non-hydrogen) atoms. The van der Waals surface area contributed by atoms with Crippen LogP contribution in [0.2, 0.25) is 0 Å². The average molecular weight is 373 g/mol. The van der Waals surface area contributed by atoms with Gasteiger partial charge >= 0.3 is 0 Å². The van der Waals surface area contributed by atoms with Gasteiger partial charge < -0.3 is 15.2 Å². The van der Waals surface area contributed by atoms with Gasteiger partial charge in [-0.2, -0.15) is 0 Å². The summed E-state index contributed by atoms with van der Waals surface area (Å²) in [6, 6.07) is 15.7. The zero-order chi connectivity index (χ0) is 18.6. The normalized spacial score (nSPS) is 12.6. The van der Waals surface area contributed by atoms with Gasteiger partial charge in [-0.15, -0.1) is 11.8 Å². The molecule has 5 nitrogen and oxygen atoms in total. The van der Waals surface area contributed by atoms with E-state index in [0.717, 1.165) is 38.4 Å². The molecule has 2 N–H and O–H groups in total. The minimum Gasteiger partial charge on any atom is -0.356 e. The number of benzene rings is 1. The van der Waals surface area contributed by atoms with Crippen LogP contribution in [-0.4, -0.2) is 35.9 Å². The number of thioether (sulfide) groups is 1. The summed E-state index contributed by atoms with van der Waals surface area (Å²) in [5.74, 6) is 0.822. The standard InChI is InChI=1S/C20H28N4OS/c1-17(26-18-10-4-3-5-11-18)16-23-20(21-2)22-13-7-9-15-24-14-8-6-12-19(24)25/h3-6,8,10-12,14,17H,7,9,13,15-16H2,1-2H3,(H2,21,22,23). The zero-order valence-electron chi connectivity index (χ0n) is 15.5. The lowest BCUT2D eigenvalue weighted by Gasteiger charge is -2.16. The molecule has 1 aromatic heterocycles. The van der Waals surface area contributed by atoms with Gasteiger partial charge in [0.15, 0.2) is 5.96 Å². The lowest BCUT2D eigenvalue weighted by atomic mass is 10.3. The monoisotopic (exact) mass is 372 g/mol. The Morgan fingerprint density at radius 3 is 2.62 bits per heavy atom. The first-order valence-electron chi connectivity index (χ1n) is 9.00. The first-order valence-corrected chi connectivity index (χ1v) is 9.88. The Hall–Kier alpha value is -2.21. The molecule has 140 valence electrons. The highest BCUT2D eigenvalue weighted by Crippen LogP contribution is 2.21. The second kappa shape index (κ2) is 11.4. The summed E-state index contributed by atoms with van der Waals surface area (Å²) < 4.78 is 1.75. The van der Waals surface area contributed by atoms with Gasteiger partial charge in [-0.25, -0.2) is 0 Å². The number of nitrogens with one attached hydrogen (secondary N) is 2. The quantitative estimate of drug-likeness (QED) is 0.307. The highest BCUT2D eigenvalue weighted by Gasteiger charge is 2.05. The van der Waals surface area contributed by atoms with Crippen molar-refractivity contribution in [3.8, 4) is 0 Å². The number of aromatic nitrogens is 1. The van der Waals surface area contributed by atoms with E-state index >= 15 is 0 Å². The molecule has 1 unspecified atom stereocenters. The number of aryl methyl sites for hydroxylation is 1. The van der Waals surface area contributed by atoms with Gasteiger partial charge in [0.1, 0.15) is 0 Å². The Kier molecular flexibility index (Phi) is 8.83. The Labute approximate surface area is 159 Å². The minimum absolute atomic E-state index is 0.0582. The number of aliphatic imine (C=N–C) groups is 1. The molecule has 0 aliphatic heterocycles. The molecule has 0 radical (unpaired) electrons. The highest BCUT2D eigenvalue weighted by atomic mass is 32.2. The van der Waals surface area contributed by atoms with Crippen molar-refractivity contribution in [2.45, 2.75) is 36.5 Å². The Bertz CT molecular complexity index is 730. The van der Waals surface area contributed by atoms with Crippen LogP contribution in [0.4, 0.5) is 0 Å². The molecule has 0 fully saturated rings. The summed E-state index contributed by atoms with van der Waals surface area (Å²) in [6.45, 7) is 4.63. The third kappa shape index (κ3) is 7.35. The van der Waals surface area contributed by atoms with Gasteiger partial charge in [-0.1, -0.05) is 31.2 Å². The van der Waals surface area contributed by atoms with Crippen molar-refractivity contribution in [1.29, 1.82) is 0 Å². The summed E-state index contributed by atoms with van der Waals surface area (Å²) in [7, 11) is 1.79. The molecule has 1 aromatic carbocycles. The molecule has 0 bridgehead atoms. The van der Waals surface area contributed by atoms with Crippen LogP contribution in [0.5, 0.6) is 0 Å². The predicted molar refractivity (Wildman–Crippen MR) is 111 cm³/mol. The molecule has 6 heteroatoms. The topological polar surface area (TPSA) is 58.4 Å². The molecular formula is C20H28N4OS. The molecule has 1 atom stereocenters. The molecule has 0 aliphatic rings. The third-order valence-electron chi connectivity index (χ3n) is 3.88. The molecule has 0 amide bonds. The number of pyridine rings is 1. The fourth-order valence-corrected chi connectivity index (χ4v) is 3.44. The fourth-order valence-electron chi connectivity index (χ4n) is 2.49. The molecule has 0 saturated carbocycles. The largest absolute Gasteiger partial charge is 0.356 e. The van der Waals surface area contributed by atoms with Crippen molar-refractivity contribution in [3.63, 3.8) is 0 Å². The maximum Gasteiger partial charge on any atom is 0.250 e. The lowest BCUT2D eigenvalue weighted by Crippen LogP contribution is -2.40. The minimum atomic E-state index is 0.0582. The van der Waals surface area contributed by atoms with Crippen LogP contribution in [0.15, 0.2) is 69.4 Å². The number of guanidine groups is 1. The average Bonchev–Trinajstić information content (AvgIpc) is 2.66. The van der Waals surface area contributed by atoms with Crippen LogP contribution >= 0.6 is 11.8 Å². The van der Waals surface area contributed by atoms with Crippen molar-refractivity contribution in [2.75, 3.05) is 20.1 Å². The molecular weight excluding hydrogens is 344 g/mol. The number of hydrogen-bond acceptors (Lipinski definition) is 3. The second-order valence-electron chi connectivity index (χ2n) is 6.06. The van der Waals surface area contributed by atoms with Crippen LogP contribution < -0.4 is 16.2 Å². The number of unbranched alkanes of at least 4 members (excludes halogenated alkanes) is 1. The summed E-state index contributed by atoms with van der Waals surface area (Å²) in [4.78, 5) is 17.2. The van der Waals surface area contributed by atoms with Crippen molar-refractivity contribution < 1.29 is 0 Å². The third-order valence-corrected chi connectivity index (χ3v) is 4.99. The SMILES string of the molecule is CN=C(NCCCCn1ccccc1=O)NCC(C)Sc1ccccc1. The Morgan fingerprint density at radius 1 is 1.12 bits per heavy atom. The Balaban J connectivity index is 1.61. The van der Waals surface area contributed by atoms with E-state index in [0.29, 0.717) is 5.25 Å². The number of rotatable bonds is 9. The van der Waals surface area contributed by atoms with E-state index < -0.39 is 0 Å². The summed E-state index contributed by atoms with van der Waals surface area (Å²) in [5.41, 5.74) is 0.0582. The van der Waals surface area contributed by atoms with Gasteiger partial charge in [0.2, 0.25) is 5.56 Å². The van der Waals surface area contributed by atoms with Crippen molar-refractivity contribution in [2.24, 2.45) is 4.99 Å². The highest BCUT2D eigenvalue weighted by molar-refractivity contribution is 8.00. The zero-order valence-corrected chi connectivity index (χ0v) is 16.3. The summed E-state index contributed by atoms with van der Waals surface area (Å²) in [6.07, 6.45) is 3.77. The van der Waals surface area contributed by atoms with Gasteiger partial charge in [0, 0.05) is 49.1 Å². The van der Waals surface area contributed by atoms with Gasteiger partial charge in [0.25, 0.3) is 0 Å². The van der Waals surface area contributed by atoms with Crippen LogP contribution in [0.1, 0.15) is 19.8 Å². The predicted octanol–water partition coefficient (Wildman–Crippen LogP) is 2.97. The Morgan fingerprint density at radius 2 is 1.88 bits per heavy atom. The maximum absolute atomic E-state index is 11.6. The molecule has 0 spiro atoms. The van der Waals surface area contributed by atoms with Gasteiger partial charge in [-0.3, -0.25) is 9.79 Å².